The van der Waals surface area contributed by atoms with Gasteiger partial charge < -0.3 is 10.2 Å². The first kappa shape index (κ1) is 21.6. The lowest BCUT2D eigenvalue weighted by Crippen LogP contribution is -2.41. The van der Waals surface area contributed by atoms with Crippen molar-refractivity contribution in [1.29, 1.82) is 0 Å². The summed E-state index contributed by atoms with van der Waals surface area (Å²) in [5.74, 6) is 0.533. The largest absolute Gasteiger partial charge is 0.417 e. The smallest absolute Gasteiger partial charge is 0.191 e. The summed E-state index contributed by atoms with van der Waals surface area (Å²) in [6.07, 6.45) is 1.58. The van der Waals surface area contributed by atoms with E-state index in [4.69, 9.17) is 10.2 Å². The summed E-state index contributed by atoms with van der Waals surface area (Å²) >= 11 is 0. The summed E-state index contributed by atoms with van der Waals surface area (Å²) < 4.78 is 6.23. The van der Waals surface area contributed by atoms with E-state index in [0.717, 1.165) is 18.7 Å². The summed E-state index contributed by atoms with van der Waals surface area (Å²) in [6.45, 7) is 14.1. The van der Waals surface area contributed by atoms with Gasteiger partial charge in [-0.2, -0.15) is 0 Å². The Morgan fingerprint density at radius 2 is 1.80 bits per heavy atom. The first-order chi connectivity index (χ1) is 11.6. The number of nitrogens with zero attached hydrogens (tertiary/aromatic N) is 2. The van der Waals surface area contributed by atoms with Crippen molar-refractivity contribution in [2.45, 2.75) is 64.7 Å². The second-order valence-corrected chi connectivity index (χ2v) is 12.9. The van der Waals surface area contributed by atoms with Gasteiger partial charge in [0.15, 0.2) is 8.32 Å². The highest BCUT2D eigenvalue weighted by Gasteiger charge is 2.36. The second-order valence-electron chi connectivity index (χ2n) is 8.09. The number of nitrogens with two attached hydrogens (primary N) is 1. The van der Waals surface area contributed by atoms with Gasteiger partial charge in [-0.05, 0) is 37.0 Å². The van der Waals surface area contributed by atoms with Crippen LogP contribution in [0.25, 0.3) is 0 Å². The molecule has 1 aromatic rings. The zero-order chi connectivity index (χ0) is 19.1. The molecule has 0 bridgehead atoms. The van der Waals surface area contributed by atoms with Crippen molar-refractivity contribution in [1.82, 2.24) is 0 Å². The van der Waals surface area contributed by atoms with E-state index in [-0.39, 0.29) is 11.1 Å². The Kier molecular flexibility index (Phi) is 8.02. The standard InChI is InChI=1S/C20H35N3OSi/c1-16(13-14-24-25(6,7)20(2,3)4)23-19(21)18(22-5)15-17-11-9-8-10-12-17/h8-12,16H,13-15H2,1-7H3,(H2,21,23)/b22-18-/t16-/m1/s1. The van der Waals surface area contributed by atoms with E-state index in [2.05, 4.69) is 62.9 Å². The first-order valence-electron chi connectivity index (χ1n) is 9.04. The minimum absolute atomic E-state index is 0.122. The lowest BCUT2D eigenvalue weighted by molar-refractivity contribution is 0.274. The van der Waals surface area contributed by atoms with Crippen molar-refractivity contribution in [2.75, 3.05) is 13.7 Å². The summed E-state index contributed by atoms with van der Waals surface area (Å²) in [6, 6.07) is 10.3. The van der Waals surface area contributed by atoms with Gasteiger partial charge in [-0.15, -0.1) is 0 Å². The van der Waals surface area contributed by atoms with Gasteiger partial charge in [0.1, 0.15) is 5.84 Å². The number of hydrogen-bond donors (Lipinski definition) is 1. The van der Waals surface area contributed by atoms with Gasteiger partial charge in [-0.3, -0.25) is 9.98 Å². The second kappa shape index (κ2) is 9.29. The predicted molar refractivity (Wildman–Crippen MR) is 112 cm³/mol. The van der Waals surface area contributed by atoms with Crippen LogP contribution in [-0.2, 0) is 10.8 Å². The van der Waals surface area contributed by atoms with Crippen molar-refractivity contribution in [3.8, 4) is 0 Å². The Balaban J connectivity index is 2.59. The fourth-order valence-electron chi connectivity index (χ4n) is 2.15. The Morgan fingerprint density at radius 3 is 2.32 bits per heavy atom. The molecule has 0 amide bonds. The normalized spacial score (nSPS) is 15.3. The molecule has 140 valence electrons. The zero-order valence-corrected chi connectivity index (χ0v) is 18.0. The lowest BCUT2D eigenvalue weighted by atomic mass is 10.1. The highest BCUT2D eigenvalue weighted by Crippen LogP contribution is 2.36. The van der Waals surface area contributed by atoms with Gasteiger partial charge in [0.2, 0.25) is 0 Å². The van der Waals surface area contributed by atoms with Gasteiger partial charge in [0, 0.05) is 20.1 Å². The van der Waals surface area contributed by atoms with Crippen LogP contribution in [0.2, 0.25) is 18.1 Å². The average Bonchev–Trinajstić information content (AvgIpc) is 2.52. The van der Waals surface area contributed by atoms with E-state index in [1.165, 1.54) is 5.56 Å². The molecule has 5 heteroatoms. The van der Waals surface area contributed by atoms with E-state index in [1.54, 1.807) is 7.05 Å². The van der Waals surface area contributed by atoms with E-state index in [9.17, 15) is 0 Å². The van der Waals surface area contributed by atoms with Crippen LogP contribution in [0.15, 0.2) is 40.3 Å². The van der Waals surface area contributed by atoms with Gasteiger partial charge in [0.05, 0.1) is 11.8 Å². The monoisotopic (exact) mass is 361 g/mol. The topological polar surface area (TPSA) is 60.0 Å². The Labute approximate surface area is 154 Å². The van der Waals surface area contributed by atoms with E-state index in [1.807, 2.05) is 18.2 Å². The Bertz CT molecular complexity index is 589. The van der Waals surface area contributed by atoms with Crippen molar-refractivity contribution < 1.29 is 4.43 Å². The van der Waals surface area contributed by atoms with Crippen molar-refractivity contribution >= 4 is 19.9 Å². The highest BCUT2D eigenvalue weighted by atomic mass is 28.4. The van der Waals surface area contributed by atoms with Crippen LogP contribution in [-0.4, -0.2) is 39.6 Å². The third kappa shape index (κ3) is 7.12. The molecule has 0 unspecified atom stereocenters. The molecular weight excluding hydrogens is 326 g/mol. The minimum Gasteiger partial charge on any atom is -0.417 e. The lowest BCUT2D eigenvalue weighted by Gasteiger charge is -2.36. The van der Waals surface area contributed by atoms with Crippen molar-refractivity contribution in [3.63, 3.8) is 0 Å². The maximum Gasteiger partial charge on any atom is 0.191 e. The molecule has 0 saturated carbocycles. The fraction of sp³-hybridized carbons (Fsp3) is 0.600. The Hall–Kier alpha value is -1.46. The fourth-order valence-corrected chi connectivity index (χ4v) is 3.21. The maximum atomic E-state index is 6.23. The molecule has 0 aliphatic carbocycles. The van der Waals surface area contributed by atoms with Crippen LogP contribution in [0, 0.1) is 0 Å². The van der Waals surface area contributed by atoms with Crippen LogP contribution < -0.4 is 5.73 Å². The number of aliphatic imine (C=N–C) groups is 2. The molecule has 0 fully saturated rings. The van der Waals surface area contributed by atoms with E-state index < -0.39 is 8.32 Å². The molecule has 0 aliphatic heterocycles. The van der Waals surface area contributed by atoms with Crippen LogP contribution in [0.3, 0.4) is 0 Å². The molecule has 25 heavy (non-hydrogen) atoms. The summed E-state index contributed by atoms with van der Waals surface area (Å²) in [7, 11) is 0.0749. The molecule has 1 aromatic carbocycles. The van der Waals surface area contributed by atoms with Crippen molar-refractivity contribution in [3.05, 3.63) is 35.9 Å². The molecule has 0 aromatic heterocycles. The predicted octanol–water partition coefficient (Wildman–Crippen LogP) is 4.46. The summed E-state index contributed by atoms with van der Waals surface area (Å²) in [5, 5.41) is 0.232. The van der Waals surface area contributed by atoms with E-state index in [0.29, 0.717) is 12.3 Å². The molecule has 1 rings (SSSR count). The molecule has 1 atom stereocenters. The molecule has 0 heterocycles. The van der Waals surface area contributed by atoms with Crippen LogP contribution in [0.1, 0.15) is 39.7 Å². The SMILES string of the molecule is C/N=C(Cc1ccccc1)\C(N)=N/[C@H](C)CCO[Si](C)(C)C(C)(C)C. The van der Waals surface area contributed by atoms with Crippen LogP contribution in [0.4, 0.5) is 0 Å². The molecule has 0 spiro atoms. The molecule has 0 saturated heterocycles. The number of rotatable bonds is 8. The molecule has 0 aliphatic rings. The average molecular weight is 362 g/mol. The molecular formula is C20H35N3OSi. The molecule has 0 radical (unpaired) electrons. The highest BCUT2D eigenvalue weighted by molar-refractivity contribution is 6.74. The number of benzene rings is 1. The van der Waals surface area contributed by atoms with Crippen LogP contribution in [0.5, 0.6) is 0 Å². The molecule has 2 N–H and O–H groups in total. The maximum absolute atomic E-state index is 6.23. The minimum atomic E-state index is -1.69. The third-order valence-corrected chi connectivity index (χ3v) is 9.48. The van der Waals surface area contributed by atoms with Crippen molar-refractivity contribution in [2.24, 2.45) is 15.7 Å². The quantitative estimate of drug-likeness (QED) is 0.422. The Morgan fingerprint density at radius 1 is 1.20 bits per heavy atom. The van der Waals surface area contributed by atoms with E-state index >= 15 is 0 Å². The molecule has 4 nitrogen and oxygen atoms in total. The summed E-state index contributed by atoms with van der Waals surface area (Å²) in [4.78, 5) is 8.95. The number of amidine groups is 1. The number of hydrogen-bond acceptors (Lipinski definition) is 3. The zero-order valence-electron chi connectivity index (χ0n) is 17.0. The van der Waals surface area contributed by atoms with Gasteiger partial charge >= 0.3 is 0 Å². The van der Waals surface area contributed by atoms with Gasteiger partial charge in [0.25, 0.3) is 0 Å². The van der Waals surface area contributed by atoms with Crippen LogP contribution >= 0.6 is 0 Å². The third-order valence-electron chi connectivity index (χ3n) is 4.94. The summed E-state index contributed by atoms with van der Waals surface area (Å²) in [5.41, 5.74) is 8.22. The van der Waals surface area contributed by atoms with Gasteiger partial charge in [-0.25, -0.2) is 0 Å². The van der Waals surface area contributed by atoms with Gasteiger partial charge in [-0.1, -0.05) is 51.1 Å². The first-order valence-corrected chi connectivity index (χ1v) is 11.9.